The second-order valence-electron chi connectivity index (χ2n) is 7.78. The first-order chi connectivity index (χ1) is 12.9. The average molecular weight is 379 g/mol. The van der Waals surface area contributed by atoms with Crippen molar-refractivity contribution >= 4 is 39.6 Å². The van der Waals surface area contributed by atoms with E-state index in [1.807, 2.05) is 49.6 Å². The smallest absolute Gasteiger partial charge is 0.273 e. The van der Waals surface area contributed by atoms with Gasteiger partial charge < -0.3 is 4.98 Å². The Morgan fingerprint density at radius 1 is 1.22 bits per heavy atom. The van der Waals surface area contributed by atoms with Gasteiger partial charge in [0.2, 0.25) is 0 Å². The lowest BCUT2D eigenvalue weighted by molar-refractivity contribution is -0.120. The van der Waals surface area contributed by atoms with Gasteiger partial charge in [-0.1, -0.05) is 32.0 Å². The minimum absolute atomic E-state index is 0.103. The summed E-state index contributed by atoms with van der Waals surface area (Å²) in [6.45, 7) is 4.10. The average Bonchev–Trinajstić information content (AvgIpc) is 3.26. The largest absolute Gasteiger partial charge is 0.353 e. The van der Waals surface area contributed by atoms with Crippen molar-refractivity contribution in [2.75, 3.05) is 0 Å². The molecule has 1 aromatic carbocycles. The molecule has 27 heavy (non-hydrogen) atoms. The first kappa shape index (κ1) is 17.7. The van der Waals surface area contributed by atoms with Crippen LogP contribution in [0.25, 0.3) is 21.5 Å². The fourth-order valence-corrected chi connectivity index (χ4v) is 4.38. The molecule has 0 saturated heterocycles. The minimum atomic E-state index is -0.275. The number of carbonyl (C=O) groups excluding carboxylic acids is 2. The Bertz CT molecular complexity index is 1040. The Balaban J connectivity index is 1.59. The lowest BCUT2D eigenvalue weighted by atomic mass is 9.76. The SMILES string of the molecule is CC1(C)CC(=O)C/C(=N\NC(=O)c2cccc3cc(-c4cccs4)[nH]c23)C1. The number of thiophene rings is 1. The Morgan fingerprint density at radius 2 is 2.07 bits per heavy atom. The number of Topliss-reactive ketones (excluding diaryl/α,β-unsaturated/α-hetero) is 1. The van der Waals surface area contributed by atoms with Gasteiger partial charge in [-0.3, -0.25) is 9.59 Å². The molecule has 138 valence electrons. The number of benzene rings is 1. The summed E-state index contributed by atoms with van der Waals surface area (Å²) in [6.07, 6.45) is 1.60. The number of nitrogens with zero attached hydrogens (tertiary/aromatic N) is 1. The van der Waals surface area contributed by atoms with Crippen LogP contribution >= 0.6 is 11.3 Å². The first-order valence-corrected chi connectivity index (χ1v) is 9.82. The Morgan fingerprint density at radius 3 is 2.81 bits per heavy atom. The highest BCUT2D eigenvalue weighted by Crippen LogP contribution is 2.32. The second kappa shape index (κ2) is 6.78. The lowest BCUT2D eigenvalue weighted by Gasteiger charge is -2.29. The molecule has 0 radical (unpaired) electrons. The van der Waals surface area contributed by atoms with E-state index in [1.165, 1.54) is 0 Å². The van der Waals surface area contributed by atoms with Crippen LogP contribution in [0.2, 0.25) is 0 Å². The second-order valence-corrected chi connectivity index (χ2v) is 8.73. The molecule has 1 fully saturated rings. The summed E-state index contributed by atoms with van der Waals surface area (Å²) < 4.78 is 0. The monoisotopic (exact) mass is 379 g/mol. The number of H-pyrrole nitrogens is 1. The summed E-state index contributed by atoms with van der Waals surface area (Å²) in [7, 11) is 0. The van der Waals surface area contributed by atoms with Gasteiger partial charge in [-0.05, 0) is 35.4 Å². The highest BCUT2D eigenvalue weighted by molar-refractivity contribution is 7.13. The molecule has 2 heterocycles. The van der Waals surface area contributed by atoms with E-state index < -0.39 is 0 Å². The number of carbonyl (C=O) groups is 2. The molecule has 6 heteroatoms. The number of hydrogen-bond acceptors (Lipinski definition) is 4. The summed E-state index contributed by atoms with van der Waals surface area (Å²) >= 11 is 1.65. The number of rotatable bonds is 3. The van der Waals surface area contributed by atoms with Gasteiger partial charge in [0.15, 0.2) is 0 Å². The van der Waals surface area contributed by atoms with E-state index in [-0.39, 0.29) is 17.1 Å². The molecular weight excluding hydrogens is 358 g/mol. The van der Waals surface area contributed by atoms with E-state index in [0.29, 0.717) is 24.8 Å². The molecule has 4 rings (SSSR count). The van der Waals surface area contributed by atoms with Crippen molar-refractivity contribution < 1.29 is 9.59 Å². The number of amides is 1. The molecule has 2 N–H and O–H groups in total. The summed E-state index contributed by atoms with van der Waals surface area (Å²) in [5.74, 6) is -0.102. The van der Waals surface area contributed by atoms with Crippen LogP contribution in [0.3, 0.4) is 0 Å². The Labute approximate surface area is 161 Å². The number of ketones is 1. The summed E-state index contributed by atoms with van der Waals surface area (Å²) in [5, 5.41) is 7.26. The normalized spacial score (nSPS) is 18.1. The number of nitrogens with one attached hydrogen (secondary N) is 2. The molecule has 0 spiro atoms. The third kappa shape index (κ3) is 3.71. The quantitative estimate of drug-likeness (QED) is 0.644. The Hall–Kier alpha value is -2.73. The molecule has 1 aliphatic rings. The molecular formula is C21H21N3O2S. The molecule has 1 amide bonds. The molecule has 1 saturated carbocycles. The number of hydrazone groups is 1. The van der Waals surface area contributed by atoms with Crippen molar-refractivity contribution in [2.24, 2.45) is 10.5 Å². The van der Waals surface area contributed by atoms with Gasteiger partial charge in [-0.15, -0.1) is 11.3 Å². The highest BCUT2D eigenvalue weighted by atomic mass is 32.1. The van der Waals surface area contributed by atoms with Crippen molar-refractivity contribution in [1.82, 2.24) is 10.4 Å². The summed E-state index contributed by atoms with van der Waals surface area (Å²) in [5.41, 5.74) is 5.60. The maximum atomic E-state index is 12.7. The molecule has 2 aromatic heterocycles. The van der Waals surface area contributed by atoms with E-state index >= 15 is 0 Å². The van der Waals surface area contributed by atoms with Crippen molar-refractivity contribution in [3.8, 4) is 10.6 Å². The maximum Gasteiger partial charge on any atom is 0.273 e. The van der Waals surface area contributed by atoms with Gasteiger partial charge in [0.25, 0.3) is 5.91 Å². The molecule has 0 atom stereocenters. The molecule has 1 aliphatic carbocycles. The van der Waals surface area contributed by atoms with E-state index in [9.17, 15) is 9.59 Å². The van der Waals surface area contributed by atoms with Gasteiger partial charge >= 0.3 is 0 Å². The van der Waals surface area contributed by atoms with Crippen LogP contribution in [0, 0.1) is 5.41 Å². The third-order valence-electron chi connectivity index (χ3n) is 4.76. The topological polar surface area (TPSA) is 74.3 Å². The van der Waals surface area contributed by atoms with Gasteiger partial charge in [0, 0.05) is 23.9 Å². The molecule has 5 nitrogen and oxygen atoms in total. The van der Waals surface area contributed by atoms with Crippen LogP contribution in [-0.2, 0) is 4.79 Å². The minimum Gasteiger partial charge on any atom is -0.353 e. The van der Waals surface area contributed by atoms with Crippen LogP contribution in [0.15, 0.2) is 46.9 Å². The Kier molecular flexibility index (Phi) is 4.44. The van der Waals surface area contributed by atoms with Crippen molar-refractivity contribution in [2.45, 2.75) is 33.1 Å². The predicted molar refractivity (Wildman–Crippen MR) is 109 cm³/mol. The van der Waals surface area contributed by atoms with E-state index in [1.54, 1.807) is 17.4 Å². The zero-order chi connectivity index (χ0) is 19.0. The van der Waals surface area contributed by atoms with Gasteiger partial charge in [0.05, 0.1) is 21.7 Å². The number of aromatic nitrogens is 1. The highest BCUT2D eigenvalue weighted by Gasteiger charge is 2.30. The zero-order valence-electron chi connectivity index (χ0n) is 15.3. The van der Waals surface area contributed by atoms with E-state index in [0.717, 1.165) is 27.2 Å². The first-order valence-electron chi connectivity index (χ1n) is 8.94. The molecule has 0 bridgehead atoms. The van der Waals surface area contributed by atoms with Crippen LogP contribution in [-0.4, -0.2) is 22.4 Å². The van der Waals surface area contributed by atoms with Crippen LogP contribution < -0.4 is 5.43 Å². The van der Waals surface area contributed by atoms with Gasteiger partial charge in [-0.2, -0.15) is 5.10 Å². The number of para-hydroxylation sites is 1. The fraction of sp³-hybridized carbons (Fsp3) is 0.286. The van der Waals surface area contributed by atoms with E-state index in [2.05, 4.69) is 15.5 Å². The van der Waals surface area contributed by atoms with Gasteiger partial charge in [0.1, 0.15) is 5.78 Å². The number of fused-ring (bicyclic) bond motifs is 1. The van der Waals surface area contributed by atoms with Crippen LogP contribution in [0.4, 0.5) is 0 Å². The molecule has 0 aliphatic heterocycles. The number of aromatic amines is 1. The van der Waals surface area contributed by atoms with Crippen molar-refractivity contribution in [3.63, 3.8) is 0 Å². The predicted octanol–water partition coefficient (Wildman–Crippen LogP) is 4.76. The lowest BCUT2D eigenvalue weighted by Crippen LogP contribution is -2.31. The molecule has 3 aromatic rings. The van der Waals surface area contributed by atoms with Crippen molar-refractivity contribution in [3.05, 3.63) is 47.3 Å². The molecule has 0 unspecified atom stereocenters. The summed E-state index contributed by atoms with van der Waals surface area (Å²) in [6, 6.07) is 11.7. The third-order valence-corrected chi connectivity index (χ3v) is 5.67. The summed E-state index contributed by atoms with van der Waals surface area (Å²) in [4.78, 5) is 29.1. The van der Waals surface area contributed by atoms with Gasteiger partial charge in [-0.25, -0.2) is 5.43 Å². The van der Waals surface area contributed by atoms with E-state index in [4.69, 9.17) is 0 Å². The zero-order valence-corrected chi connectivity index (χ0v) is 16.2. The van der Waals surface area contributed by atoms with Crippen LogP contribution in [0.1, 0.15) is 43.5 Å². The number of hydrogen-bond donors (Lipinski definition) is 2. The maximum absolute atomic E-state index is 12.7. The fourth-order valence-electron chi connectivity index (χ4n) is 3.68. The van der Waals surface area contributed by atoms with Crippen LogP contribution in [0.5, 0.6) is 0 Å². The van der Waals surface area contributed by atoms with Crippen molar-refractivity contribution in [1.29, 1.82) is 0 Å². The standard InChI is InChI=1S/C21H21N3O2S/c1-21(2)11-14(10-15(25)12-21)23-24-20(26)16-6-3-5-13-9-17(22-19(13)16)18-7-4-8-27-18/h3-9,22H,10-12H2,1-2H3,(H,24,26)/b23-14+.